The number of hydrogen-bond donors (Lipinski definition) is 2. The lowest BCUT2D eigenvalue weighted by molar-refractivity contribution is -0.141. The van der Waals surface area contributed by atoms with Gasteiger partial charge >= 0.3 is 5.97 Å². The number of pyridine rings is 2. The van der Waals surface area contributed by atoms with Gasteiger partial charge < -0.3 is 10.6 Å². The Balaban J connectivity index is 1.69. The molecule has 1 unspecified atom stereocenters. The number of carbonyl (C=O) groups is 1. The zero-order chi connectivity index (χ0) is 26.5. The van der Waals surface area contributed by atoms with Gasteiger partial charge in [-0.3, -0.25) is 4.98 Å². The molecule has 4 aromatic rings. The molecule has 0 saturated heterocycles. The van der Waals surface area contributed by atoms with Gasteiger partial charge in [0.25, 0.3) is 0 Å². The lowest BCUT2D eigenvalue weighted by atomic mass is 10.0. The second-order valence-corrected chi connectivity index (χ2v) is 11.2. The molecule has 0 fully saturated rings. The highest BCUT2D eigenvalue weighted by atomic mass is 32.2. The molecule has 1 aromatic carbocycles. The first kappa shape index (κ1) is 26.0. The standard InChI is InChI=1S/C26H28N6O4S/c1-19(2)16-25(33)36-31-24-8-3-7-23(30-24)26(27,37(34,35)22-6-4-13-28-18-22)17-20-9-11-21(12-10-20)32-15-5-14-29-32/h3-15,18-19H,16-17,27H2,1-2H3,(H,30,31). The molecular weight excluding hydrogens is 492 g/mol. The largest absolute Gasteiger partial charge is 0.342 e. The molecule has 0 amide bonds. The first-order valence-corrected chi connectivity index (χ1v) is 13.1. The van der Waals surface area contributed by atoms with Gasteiger partial charge in [-0.15, -0.1) is 0 Å². The maximum Gasteiger partial charge on any atom is 0.332 e. The molecule has 0 aliphatic carbocycles. The van der Waals surface area contributed by atoms with E-state index in [1.807, 2.05) is 38.2 Å². The summed E-state index contributed by atoms with van der Waals surface area (Å²) in [6, 6.07) is 16.7. The van der Waals surface area contributed by atoms with Crippen LogP contribution in [0.1, 0.15) is 31.5 Å². The zero-order valence-electron chi connectivity index (χ0n) is 20.5. The van der Waals surface area contributed by atoms with Crippen molar-refractivity contribution in [3.05, 3.63) is 96.7 Å². The molecule has 3 aromatic heterocycles. The second-order valence-electron chi connectivity index (χ2n) is 8.96. The van der Waals surface area contributed by atoms with Crippen LogP contribution in [-0.4, -0.2) is 34.1 Å². The van der Waals surface area contributed by atoms with Crippen molar-refractivity contribution in [3.8, 4) is 5.69 Å². The van der Waals surface area contributed by atoms with Crippen LogP contribution in [0.15, 0.2) is 90.3 Å². The third-order valence-electron chi connectivity index (χ3n) is 5.62. The third kappa shape index (κ3) is 5.84. The Morgan fingerprint density at radius 3 is 2.51 bits per heavy atom. The molecule has 3 heterocycles. The molecule has 0 aliphatic heterocycles. The third-order valence-corrected chi connectivity index (χ3v) is 7.80. The molecule has 10 nitrogen and oxygen atoms in total. The number of aromatic nitrogens is 4. The predicted octanol–water partition coefficient (Wildman–Crippen LogP) is 3.41. The molecule has 192 valence electrons. The van der Waals surface area contributed by atoms with Crippen LogP contribution in [0.2, 0.25) is 0 Å². The average molecular weight is 521 g/mol. The smallest absolute Gasteiger partial charge is 0.332 e. The fourth-order valence-corrected chi connectivity index (χ4v) is 5.37. The molecular formula is C26H28N6O4S. The summed E-state index contributed by atoms with van der Waals surface area (Å²) in [4.78, 5) is 23.4. The van der Waals surface area contributed by atoms with E-state index in [0.29, 0.717) is 5.56 Å². The van der Waals surface area contributed by atoms with Gasteiger partial charge in [0.15, 0.2) is 10.7 Å². The molecule has 0 bridgehead atoms. The van der Waals surface area contributed by atoms with Crippen molar-refractivity contribution in [2.45, 2.75) is 36.5 Å². The van der Waals surface area contributed by atoms with E-state index in [9.17, 15) is 13.2 Å². The molecule has 4 rings (SSSR count). The topological polar surface area (TPSA) is 142 Å². The summed E-state index contributed by atoms with van der Waals surface area (Å²) >= 11 is 0. The molecule has 1 atom stereocenters. The lowest BCUT2D eigenvalue weighted by Crippen LogP contribution is -2.47. The molecule has 0 radical (unpaired) electrons. The van der Waals surface area contributed by atoms with E-state index in [-0.39, 0.29) is 35.2 Å². The fraction of sp³-hybridized carbons (Fsp3) is 0.231. The molecule has 0 spiro atoms. The molecule has 0 aliphatic rings. The Kier molecular flexibility index (Phi) is 7.65. The van der Waals surface area contributed by atoms with Crippen molar-refractivity contribution in [1.29, 1.82) is 0 Å². The number of nitrogens with zero attached hydrogens (tertiary/aromatic N) is 4. The van der Waals surface area contributed by atoms with Gasteiger partial charge in [-0.1, -0.05) is 32.0 Å². The number of benzene rings is 1. The molecule has 3 N–H and O–H groups in total. The Morgan fingerprint density at radius 1 is 1.08 bits per heavy atom. The van der Waals surface area contributed by atoms with Crippen molar-refractivity contribution in [2.75, 3.05) is 5.48 Å². The minimum Gasteiger partial charge on any atom is -0.342 e. The highest BCUT2D eigenvalue weighted by Gasteiger charge is 2.44. The maximum atomic E-state index is 13.9. The lowest BCUT2D eigenvalue weighted by Gasteiger charge is -2.29. The van der Waals surface area contributed by atoms with Crippen LogP contribution in [0.25, 0.3) is 5.69 Å². The van der Waals surface area contributed by atoms with E-state index in [1.165, 1.54) is 30.6 Å². The van der Waals surface area contributed by atoms with E-state index in [1.54, 1.807) is 35.1 Å². The summed E-state index contributed by atoms with van der Waals surface area (Å²) in [6.45, 7) is 3.79. The minimum atomic E-state index is -4.17. The van der Waals surface area contributed by atoms with Gasteiger partial charge in [0.05, 0.1) is 22.7 Å². The summed E-state index contributed by atoms with van der Waals surface area (Å²) < 4.78 is 29.5. The Labute approximate surface area is 215 Å². The van der Waals surface area contributed by atoms with Gasteiger partial charge in [-0.25, -0.2) is 28.4 Å². The predicted molar refractivity (Wildman–Crippen MR) is 138 cm³/mol. The van der Waals surface area contributed by atoms with Gasteiger partial charge in [0.2, 0.25) is 9.84 Å². The number of anilines is 1. The summed E-state index contributed by atoms with van der Waals surface area (Å²) in [5, 5.41) is 4.21. The van der Waals surface area contributed by atoms with Crippen LogP contribution in [0.5, 0.6) is 0 Å². The first-order valence-electron chi connectivity index (χ1n) is 11.6. The average Bonchev–Trinajstić information content (AvgIpc) is 3.43. The minimum absolute atomic E-state index is 0.0332. The van der Waals surface area contributed by atoms with E-state index in [0.717, 1.165) is 5.69 Å². The van der Waals surface area contributed by atoms with E-state index >= 15 is 0 Å². The number of rotatable bonds is 10. The number of carbonyl (C=O) groups excluding carboxylic acids is 1. The summed E-state index contributed by atoms with van der Waals surface area (Å²) in [5.41, 5.74) is 10.8. The van der Waals surface area contributed by atoms with Crippen LogP contribution in [0.4, 0.5) is 5.82 Å². The summed E-state index contributed by atoms with van der Waals surface area (Å²) in [7, 11) is -4.17. The highest BCUT2D eigenvalue weighted by molar-refractivity contribution is 7.92. The van der Waals surface area contributed by atoms with Gasteiger partial charge in [0, 0.05) is 31.2 Å². The SMILES string of the molecule is CC(C)CC(=O)ONc1cccc(C(N)(Cc2ccc(-n3cccn3)cc2)S(=O)(=O)c2cccnc2)n1. The Bertz CT molecular complexity index is 1440. The van der Waals surface area contributed by atoms with Crippen LogP contribution < -0.4 is 11.2 Å². The number of hydrogen-bond acceptors (Lipinski definition) is 9. The second kappa shape index (κ2) is 10.9. The van der Waals surface area contributed by atoms with Crippen molar-refractivity contribution in [2.24, 2.45) is 11.7 Å². The first-order chi connectivity index (χ1) is 17.7. The van der Waals surface area contributed by atoms with Crippen LogP contribution >= 0.6 is 0 Å². The number of sulfone groups is 1. The van der Waals surface area contributed by atoms with E-state index in [2.05, 4.69) is 20.5 Å². The van der Waals surface area contributed by atoms with Crippen molar-refractivity contribution in [3.63, 3.8) is 0 Å². The Hall–Kier alpha value is -4.09. The zero-order valence-corrected chi connectivity index (χ0v) is 21.3. The van der Waals surface area contributed by atoms with Gasteiger partial charge in [-0.05, 0) is 53.9 Å². The van der Waals surface area contributed by atoms with Crippen LogP contribution in [-0.2, 0) is 30.8 Å². The monoisotopic (exact) mass is 520 g/mol. The summed E-state index contributed by atoms with van der Waals surface area (Å²) in [5.74, 6) is -0.184. The van der Waals surface area contributed by atoms with Crippen LogP contribution in [0, 0.1) is 5.92 Å². The van der Waals surface area contributed by atoms with Crippen LogP contribution in [0.3, 0.4) is 0 Å². The molecule has 0 saturated carbocycles. The van der Waals surface area contributed by atoms with Gasteiger partial charge in [0.1, 0.15) is 0 Å². The number of nitrogens with two attached hydrogens (primary N) is 1. The molecule has 11 heteroatoms. The van der Waals surface area contributed by atoms with E-state index < -0.39 is 20.7 Å². The quantitative estimate of drug-likeness (QED) is 0.301. The highest BCUT2D eigenvalue weighted by Crippen LogP contribution is 2.34. The summed E-state index contributed by atoms with van der Waals surface area (Å²) in [6.07, 6.45) is 6.37. The van der Waals surface area contributed by atoms with Crippen molar-refractivity contribution < 1.29 is 18.0 Å². The van der Waals surface area contributed by atoms with Gasteiger partial charge in [-0.2, -0.15) is 5.10 Å². The van der Waals surface area contributed by atoms with Crippen molar-refractivity contribution in [1.82, 2.24) is 19.7 Å². The maximum absolute atomic E-state index is 13.9. The van der Waals surface area contributed by atoms with E-state index in [4.69, 9.17) is 10.6 Å². The normalized spacial score (nSPS) is 13.2. The molecule has 37 heavy (non-hydrogen) atoms. The Morgan fingerprint density at radius 2 is 1.86 bits per heavy atom. The van der Waals surface area contributed by atoms with Crippen molar-refractivity contribution >= 4 is 21.6 Å². The fourth-order valence-electron chi connectivity index (χ4n) is 3.74. The number of nitrogens with one attached hydrogen (secondary N) is 1.